The van der Waals surface area contributed by atoms with E-state index in [-0.39, 0.29) is 33.8 Å². The maximum atomic E-state index is 13.3. The van der Waals surface area contributed by atoms with Gasteiger partial charge in [-0.25, -0.2) is 9.78 Å². The minimum absolute atomic E-state index is 0.0392. The number of carbonyl (C=O) groups is 2. The van der Waals surface area contributed by atoms with Gasteiger partial charge in [-0.05, 0) is 31.2 Å². The number of anilines is 1. The molecule has 3 heterocycles. The maximum absolute atomic E-state index is 13.3. The Morgan fingerprint density at radius 2 is 2.00 bits per heavy atom. The summed E-state index contributed by atoms with van der Waals surface area (Å²) in [6.07, 6.45) is 4.14. The number of benzene rings is 1. The Kier molecular flexibility index (Phi) is 5.74. The minimum atomic E-state index is -0.681. The third-order valence-electron chi connectivity index (χ3n) is 4.22. The van der Waals surface area contributed by atoms with Gasteiger partial charge in [0.2, 0.25) is 0 Å². The number of halogens is 1. The second-order valence-electron chi connectivity index (χ2n) is 6.16. The van der Waals surface area contributed by atoms with E-state index in [0.29, 0.717) is 10.7 Å². The number of aromatic nitrogens is 4. The van der Waals surface area contributed by atoms with E-state index in [1.54, 1.807) is 36.6 Å². The van der Waals surface area contributed by atoms with Crippen molar-refractivity contribution in [3.63, 3.8) is 0 Å². The molecule has 0 bridgehead atoms. The highest BCUT2D eigenvalue weighted by atomic mass is 35.5. The van der Waals surface area contributed by atoms with E-state index in [0.717, 1.165) is 16.0 Å². The number of hydrogen-bond donors (Lipinski definition) is 1. The van der Waals surface area contributed by atoms with Crippen molar-refractivity contribution < 1.29 is 14.3 Å². The topological polar surface area (TPSA) is 116 Å². The first-order valence-corrected chi connectivity index (χ1v) is 10.3. The van der Waals surface area contributed by atoms with Gasteiger partial charge in [-0.2, -0.15) is 9.78 Å². The van der Waals surface area contributed by atoms with Crippen LogP contribution in [0.15, 0.2) is 53.0 Å². The molecule has 0 aliphatic carbocycles. The van der Waals surface area contributed by atoms with Gasteiger partial charge in [0.25, 0.3) is 11.5 Å². The van der Waals surface area contributed by atoms with Crippen molar-refractivity contribution >= 4 is 50.6 Å². The zero-order valence-electron chi connectivity index (χ0n) is 16.0. The van der Waals surface area contributed by atoms with Gasteiger partial charge in [0.05, 0.1) is 23.9 Å². The summed E-state index contributed by atoms with van der Waals surface area (Å²) in [6, 6.07) is 6.40. The lowest BCUT2D eigenvalue weighted by Crippen LogP contribution is -2.25. The van der Waals surface area contributed by atoms with Crippen LogP contribution < -0.4 is 10.9 Å². The fourth-order valence-corrected chi connectivity index (χ4v) is 3.89. The number of carbonyl (C=O) groups excluding carboxylic acids is 2. The Hall–Kier alpha value is -3.63. The summed E-state index contributed by atoms with van der Waals surface area (Å²) < 4.78 is 6.19. The Morgan fingerprint density at radius 1 is 1.23 bits per heavy atom. The Bertz CT molecular complexity index is 1340. The molecule has 4 rings (SSSR count). The second kappa shape index (κ2) is 8.62. The van der Waals surface area contributed by atoms with Crippen molar-refractivity contribution in [3.8, 4) is 5.69 Å². The lowest BCUT2D eigenvalue weighted by atomic mass is 10.2. The van der Waals surface area contributed by atoms with Gasteiger partial charge in [-0.15, -0.1) is 11.3 Å². The molecular formula is C20H14ClN5O4S. The van der Waals surface area contributed by atoms with E-state index in [9.17, 15) is 14.4 Å². The first-order chi connectivity index (χ1) is 15.0. The highest BCUT2D eigenvalue weighted by molar-refractivity contribution is 7.16. The third kappa shape index (κ3) is 4.03. The Morgan fingerprint density at radius 3 is 2.68 bits per heavy atom. The van der Waals surface area contributed by atoms with E-state index < -0.39 is 17.4 Å². The molecule has 0 saturated heterocycles. The highest BCUT2D eigenvalue weighted by Gasteiger charge is 2.23. The fourth-order valence-electron chi connectivity index (χ4n) is 2.83. The molecule has 11 heteroatoms. The number of fused-ring (bicyclic) bond motifs is 1. The van der Waals surface area contributed by atoms with Crippen molar-refractivity contribution in [1.82, 2.24) is 19.7 Å². The normalized spacial score (nSPS) is 10.8. The molecule has 156 valence electrons. The summed E-state index contributed by atoms with van der Waals surface area (Å²) in [4.78, 5) is 46.2. The van der Waals surface area contributed by atoms with Crippen LogP contribution in [0.3, 0.4) is 0 Å². The first-order valence-electron chi connectivity index (χ1n) is 9.04. The molecule has 0 aliphatic rings. The number of esters is 1. The van der Waals surface area contributed by atoms with E-state index >= 15 is 0 Å². The van der Waals surface area contributed by atoms with Crippen LogP contribution in [0.4, 0.5) is 5.00 Å². The molecule has 31 heavy (non-hydrogen) atoms. The van der Waals surface area contributed by atoms with Gasteiger partial charge in [-0.3, -0.25) is 14.6 Å². The van der Waals surface area contributed by atoms with Crippen LogP contribution in [0.1, 0.15) is 27.9 Å². The van der Waals surface area contributed by atoms with Crippen molar-refractivity contribution in [2.24, 2.45) is 0 Å². The molecule has 0 radical (unpaired) electrons. The van der Waals surface area contributed by atoms with Crippen LogP contribution in [0, 0.1) is 0 Å². The quantitative estimate of drug-likeness (QED) is 0.459. The van der Waals surface area contributed by atoms with Gasteiger partial charge >= 0.3 is 5.97 Å². The van der Waals surface area contributed by atoms with Gasteiger partial charge < -0.3 is 10.1 Å². The summed E-state index contributed by atoms with van der Waals surface area (Å²) in [5, 5.41) is 9.63. The molecule has 0 unspecified atom stereocenters. The van der Waals surface area contributed by atoms with E-state index in [1.807, 2.05) is 0 Å². The van der Waals surface area contributed by atoms with Crippen LogP contribution in [-0.4, -0.2) is 38.2 Å². The van der Waals surface area contributed by atoms with Gasteiger partial charge in [-0.1, -0.05) is 11.6 Å². The molecule has 0 spiro atoms. The average Bonchev–Trinajstić information content (AvgIpc) is 3.19. The number of nitrogens with one attached hydrogen (secondary N) is 1. The molecule has 1 aromatic carbocycles. The predicted molar refractivity (Wildman–Crippen MR) is 116 cm³/mol. The van der Waals surface area contributed by atoms with Crippen molar-refractivity contribution in [2.75, 3.05) is 11.9 Å². The largest absolute Gasteiger partial charge is 0.461 e. The maximum Gasteiger partial charge on any atom is 0.359 e. The van der Waals surface area contributed by atoms with Crippen molar-refractivity contribution in [3.05, 3.63) is 75.0 Å². The number of rotatable bonds is 5. The molecule has 0 saturated carbocycles. The summed E-state index contributed by atoms with van der Waals surface area (Å²) >= 11 is 7.04. The van der Waals surface area contributed by atoms with Crippen LogP contribution in [0.2, 0.25) is 5.02 Å². The molecule has 1 amide bonds. The van der Waals surface area contributed by atoms with Crippen molar-refractivity contribution in [2.45, 2.75) is 6.92 Å². The summed E-state index contributed by atoms with van der Waals surface area (Å²) in [7, 11) is 0. The highest BCUT2D eigenvalue weighted by Crippen LogP contribution is 2.31. The lowest BCUT2D eigenvalue weighted by Gasteiger charge is -2.10. The fraction of sp³-hybridized carbons (Fsp3) is 0.100. The zero-order valence-corrected chi connectivity index (χ0v) is 17.6. The SMILES string of the molecule is CCOC(=O)c1nn(-c2ccc(Cl)cc2)c(=O)c2c(NC(=O)c3cnccn3)scc12. The average molecular weight is 456 g/mol. The van der Waals surface area contributed by atoms with Crippen molar-refractivity contribution in [1.29, 1.82) is 0 Å². The predicted octanol–water partition coefficient (Wildman–Crippen LogP) is 3.32. The molecule has 4 aromatic rings. The Labute approximate surface area is 184 Å². The molecule has 0 aliphatic heterocycles. The van der Waals surface area contributed by atoms with Gasteiger partial charge in [0.1, 0.15) is 10.7 Å². The number of thiophene rings is 1. The smallest absolute Gasteiger partial charge is 0.359 e. The monoisotopic (exact) mass is 455 g/mol. The second-order valence-corrected chi connectivity index (χ2v) is 7.48. The molecular weight excluding hydrogens is 442 g/mol. The van der Waals surface area contributed by atoms with Crippen LogP contribution in [0.5, 0.6) is 0 Å². The first kappa shape index (κ1) is 20.6. The molecule has 3 aromatic heterocycles. The van der Waals surface area contributed by atoms with E-state index in [1.165, 1.54) is 18.6 Å². The summed E-state index contributed by atoms with van der Waals surface area (Å²) in [5.41, 5.74) is -0.0651. The Balaban J connectivity index is 1.89. The number of nitrogens with zero attached hydrogens (tertiary/aromatic N) is 4. The standard InChI is InChI=1S/C20H14ClN5O4S/c1-2-30-20(29)16-13-10-31-18(24-17(27)14-9-22-7-8-23-14)15(13)19(28)26(25-16)12-5-3-11(21)4-6-12/h3-10H,2H2,1H3,(H,24,27). The number of hydrogen-bond acceptors (Lipinski definition) is 8. The zero-order chi connectivity index (χ0) is 22.0. The lowest BCUT2D eigenvalue weighted by molar-refractivity contribution is 0.0520. The minimum Gasteiger partial charge on any atom is -0.461 e. The van der Waals surface area contributed by atoms with E-state index in [4.69, 9.17) is 16.3 Å². The molecule has 0 fully saturated rings. The van der Waals surface area contributed by atoms with Crippen LogP contribution in [0.25, 0.3) is 16.5 Å². The summed E-state index contributed by atoms with van der Waals surface area (Å²) in [5.74, 6) is -1.22. The van der Waals surface area contributed by atoms with E-state index in [2.05, 4.69) is 20.4 Å². The number of ether oxygens (including phenoxy) is 1. The van der Waals surface area contributed by atoms with Crippen LogP contribution >= 0.6 is 22.9 Å². The molecule has 1 N–H and O–H groups in total. The van der Waals surface area contributed by atoms with Gasteiger partial charge in [0.15, 0.2) is 5.69 Å². The molecule has 9 nitrogen and oxygen atoms in total. The van der Waals surface area contributed by atoms with Crippen LogP contribution in [-0.2, 0) is 4.74 Å². The molecule has 0 atom stereocenters. The summed E-state index contributed by atoms with van der Waals surface area (Å²) in [6.45, 7) is 1.81. The third-order valence-corrected chi connectivity index (χ3v) is 5.36. The number of amides is 1. The van der Waals surface area contributed by atoms with Gasteiger partial charge in [0, 0.05) is 28.2 Å².